The summed E-state index contributed by atoms with van der Waals surface area (Å²) >= 11 is 0. The van der Waals surface area contributed by atoms with Crippen molar-refractivity contribution in [3.8, 4) is 0 Å². The number of aliphatic imine (C=N–C) groups is 1. The van der Waals surface area contributed by atoms with Gasteiger partial charge in [0.05, 0.1) is 0 Å². The first-order chi connectivity index (χ1) is 8.24. The summed E-state index contributed by atoms with van der Waals surface area (Å²) in [6.07, 6.45) is 7.43. The van der Waals surface area contributed by atoms with Crippen LogP contribution in [0.15, 0.2) is 11.3 Å². The third-order valence-corrected chi connectivity index (χ3v) is 2.97. The van der Waals surface area contributed by atoms with Gasteiger partial charge in [0.15, 0.2) is 11.8 Å². The van der Waals surface area contributed by atoms with E-state index >= 15 is 0 Å². The number of nitrogens with one attached hydrogen (secondary N) is 1. The number of hydrogen-bond acceptors (Lipinski definition) is 3. The second kappa shape index (κ2) is 5.65. The van der Waals surface area contributed by atoms with Crippen LogP contribution >= 0.6 is 0 Å². The van der Waals surface area contributed by atoms with Crippen molar-refractivity contribution in [2.75, 3.05) is 6.54 Å². The lowest BCUT2D eigenvalue weighted by Crippen LogP contribution is -2.38. The molecular weight excluding hydrogens is 216 g/mol. The molecule has 0 unspecified atom stereocenters. The molecule has 1 aliphatic rings. The average Bonchev–Trinajstić information content (AvgIpc) is 2.90. The van der Waals surface area contributed by atoms with Crippen molar-refractivity contribution in [3.63, 3.8) is 0 Å². The summed E-state index contributed by atoms with van der Waals surface area (Å²) in [5.74, 6) is 1.36. The first kappa shape index (κ1) is 11.9. The van der Waals surface area contributed by atoms with Gasteiger partial charge in [-0.1, -0.05) is 12.8 Å². The van der Waals surface area contributed by atoms with Gasteiger partial charge in [-0.2, -0.15) is 5.10 Å². The van der Waals surface area contributed by atoms with Crippen LogP contribution in [0, 0.1) is 0 Å². The molecule has 1 aromatic heterocycles. The van der Waals surface area contributed by atoms with Gasteiger partial charge in [0.2, 0.25) is 0 Å². The Morgan fingerprint density at radius 2 is 2.35 bits per heavy atom. The molecule has 1 fully saturated rings. The molecule has 0 aliphatic heterocycles. The first-order valence-corrected chi connectivity index (χ1v) is 6.15. The number of rotatable bonds is 4. The highest BCUT2D eigenvalue weighted by Crippen LogP contribution is 2.17. The quantitative estimate of drug-likeness (QED) is 0.578. The Kier molecular flexibility index (Phi) is 3.95. The molecule has 3 N–H and O–H groups in total. The minimum Gasteiger partial charge on any atom is -0.370 e. The number of guanidine groups is 1. The predicted octanol–water partition coefficient (Wildman–Crippen LogP) is 0.205. The van der Waals surface area contributed by atoms with Gasteiger partial charge in [0.25, 0.3) is 0 Å². The molecule has 0 spiro atoms. The Morgan fingerprint density at radius 3 is 3.00 bits per heavy atom. The van der Waals surface area contributed by atoms with Crippen molar-refractivity contribution >= 4 is 5.96 Å². The zero-order chi connectivity index (χ0) is 12.1. The highest BCUT2D eigenvalue weighted by molar-refractivity contribution is 5.78. The largest absolute Gasteiger partial charge is 0.370 e. The van der Waals surface area contributed by atoms with Gasteiger partial charge in [-0.3, -0.25) is 9.67 Å². The standard InChI is InChI=1S/C11H20N6/c1-17-8-14-10(16-17)6-7-13-11(12)15-9-4-2-3-5-9/h8-9H,2-7H2,1H3,(H3,12,13,15). The third-order valence-electron chi connectivity index (χ3n) is 2.97. The lowest BCUT2D eigenvalue weighted by atomic mass is 10.2. The molecule has 0 atom stereocenters. The molecule has 94 valence electrons. The van der Waals surface area contributed by atoms with E-state index in [2.05, 4.69) is 20.4 Å². The maximum atomic E-state index is 5.82. The summed E-state index contributed by atoms with van der Waals surface area (Å²) in [5, 5.41) is 7.44. The fourth-order valence-electron chi connectivity index (χ4n) is 2.10. The topological polar surface area (TPSA) is 81.1 Å². The number of aryl methyl sites for hydroxylation is 1. The molecule has 0 aromatic carbocycles. The van der Waals surface area contributed by atoms with Gasteiger partial charge in [-0.15, -0.1) is 0 Å². The van der Waals surface area contributed by atoms with Crippen molar-refractivity contribution in [2.45, 2.75) is 38.1 Å². The normalized spacial score (nSPS) is 17.6. The molecule has 0 radical (unpaired) electrons. The van der Waals surface area contributed by atoms with Crippen LogP contribution in [-0.2, 0) is 13.5 Å². The van der Waals surface area contributed by atoms with E-state index in [9.17, 15) is 0 Å². The molecular formula is C11H20N6. The highest BCUT2D eigenvalue weighted by Gasteiger charge is 2.14. The summed E-state index contributed by atoms with van der Waals surface area (Å²) in [7, 11) is 1.86. The summed E-state index contributed by atoms with van der Waals surface area (Å²) in [6.45, 7) is 0.634. The lowest BCUT2D eigenvalue weighted by Gasteiger charge is -2.11. The van der Waals surface area contributed by atoms with E-state index in [0.29, 0.717) is 18.5 Å². The van der Waals surface area contributed by atoms with Crippen LogP contribution in [0.3, 0.4) is 0 Å². The molecule has 1 aromatic rings. The third kappa shape index (κ3) is 3.72. The Hall–Kier alpha value is -1.59. The van der Waals surface area contributed by atoms with Crippen LogP contribution in [0.5, 0.6) is 0 Å². The zero-order valence-electron chi connectivity index (χ0n) is 10.3. The maximum Gasteiger partial charge on any atom is 0.188 e. The molecule has 0 amide bonds. The smallest absolute Gasteiger partial charge is 0.188 e. The number of nitrogens with two attached hydrogens (primary N) is 1. The fraction of sp³-hybridized carbons (Fsp3) is 0.727. The van der Waals surface area contributed by atoms with Crippen molar-refractivity contribution in [1.82, 2.24) is 20.1 Å². The summed E-state index contributed by atoms with van der Waals surface area (Å²) in [4.78, 5) is 8.42. The molecule has 2 rings (SSSR count). The molecule has 0 bridgehead atoms. The average molecular weight is 236 g/mol. The Balaban J connectivity index is 1.72. The van der Waals surface area contributed by atoms with E-state index in [1.807, 2.05) is 7.05 Å². The van der Waals surface area contributed by atoms with E-state index in [4.69, 9.17) is 5.73 Å². The summed E-state index contributed by atoms with van der Waals surface area (Å²) < 4.78 is 1.69. The minimum atomic E-state index is 0.520. The van der Waals surface area contributed by atoms with E-state index < -0.39 is 0 Å². The van der Waals surface area contributed by atoms with Crippen LogP contribution in [0.4, 0.5) is 0 Å². The molecule has 1 heterocycles. The second-order valence-electron chi connectivity index (χ2n) is 4.48. The van der Waals surface area contributed by atoms with E-state index in [-0.39, 0.29) is 0 Å². The lowest BCUT2D eigenvalue weighted by molar-refractivity contribution is 0.625. The van der Waals surface area contributed by atoms with Gasteiger partial charge in [-0.05, 0) is 12.8 Å². The van der Waals surface area contributed by atoms with Crippen molar-refractivity contribution < 1.29 is 0 Å². The van der Waals surface area contributed by atoms with Gasteiger partial charge in [0.1, 0.15) is 6.33 Å². The van der Waals surface area contributed by atoms with Gasteiger partial charge >= 0.3 is 0 Å². The maximum absolute atomic E-state index is 5.82. The molecule has 6 nitrogen and oxygen atoms in total. The first-order valence-electron chi connectivity index (χ1n) is 6.15. The molecule has 1 saturated carbocycles. The summed E-state index contributed by atoms with van der Waals surface area (Å²) in [5.41, 5.74) is 5.82. The van der Waals surface area contributed by atoms with Crippen LogP contribution in [0.1, 0.15) is 31.5 Å². The molecule has 17 heavy (non-hydrogen) atoms. The van der Waals surface area contributed by atoms with E-state index in [0.717, 1.165) is 12.2 Å². The van der Waals surface area contributed by atoms with Crippen LogP contribution < -0.4 is 11.1 Å². The number of hydrogen-bond donors (Lipinski definition) is 2. The van der Waals surface area contributed by atoms with E-state index in [1.54, 1.807) is 11.0 Å². The molecule has 1 aliphatic carbocycles. The van der Waals surface area contributed by atoms with E-state index in [1.165, 1.54) is 25.7 Å². The molecule has 6 heteroatoms. The van der Waals surface area contributed by atoms with Gasteiger partial charge in [-0.25, -0.2) is 4.98 Å². The SMILES string of the molecule is Cn1cnc(CCN=C(N)NC2CCCC2)n1. The Bertz CT molecular complexity index is 377. The van der Waals surface area contributed by atoms with Crippen LogP contribution in [-0.4, -0.2) is 33.3 Å². The monoisotopic (exact) mass is 236 g/mol. The predicted molar refractivity (Wildman–Crippen MR) is 66.6 cm³/mol. The molecule has 0 saturated heterocycles. The highest BCUT2D eigenvalue weighted by atomic mass is 15.3. The Morgan fingerprint density at radius 1 is 1.59 bits per heavy atom. The summed E-state index contributed by atoms with van der Waals surface area (Å²) in [6, 6.07) is 0.520. The van der Waals surface area contributed by atoms with Crippen molar-refractivity contribution in [1.29, 1.82) is 0 Å². The number of nitrogens with zero attached hydrogens (tertiary/aromatic N) is 4. The van der Waals surface area contributed by atoms with Crippen molar-refractivity contribution in [3.05, 3.63) is 12.2 Å². The van der Waals surface area contributed by atoms with Crippen molar-refractivity contribution in [2.24, 2.45) is 17.8 Å². The number of aromatic nitrogens is 3. The Labute approximate surface area is 101 Å². The van der Waals surface area contributed by atoms with Crippen LogP contribution in [0.2, 0.25) is 0 Å². The minimum absolute atomic E-state index is 0.520. The van der Waals surface area contributed by atoms with Crippen LogP contribution in [0.25, 0.3) is 0 Å². The second-order valence-corrected chi connectivity index (χ2v) is 4.48. The van der Waals surface area contributed by atoms with Gasteiger partial charge < -0.3 is 11.1 Å². The van der Waals surface area contributed by atoms with Gasteiger partial charge in [0, 0.05) is 26.1 Å². The zero-order valence-corrected chi connectivity index (χ0v) is 10.3. The fourth-order valence-corrected chi connectivity index (χ4v) is 2.10.